The van der Waals surface area contributed by atoms with Gasteiger partial charge in [-0.25, -0.2) is 15.0 Å². The molecular formula is C45H29N3S. The average Bonchev–Trinajstić information content (AvgIpc) is 3.69. The molecule has 0 aliphatic rings. The second kappa shape index (κ2) is 12.4. The SMILES string of the molecule is [2H]c1c([2H])c(-c2nc(-c3ccccc3)nc(-c3ccc(-c4cccc(-c5ccccc5)c4)cc3)n2)c([2H])c(-c2c([2H])c([2H])c3c(sc4c([2H])c([2H])c([2H])c([2H])c43)c2[2H])c1[2H]. The van der Waals surface area contributed by atoms with E-state index in [2.05, 4.69) is 24.3 Å². The highest BCUT2D eigenvalue weighted by atomic mass is 32.1. The number of nitrogens with zero attached hydrogens (tertiary/aromatic N) is 3. The van der Waals surface area contributed by atoms with E-state index in [1.807, 2.05) is 72.8 Å². The average molecular weight is 655 g/mol. The van der Waals surface area contributed by atoms with Gasteiger partial charge < -0.3 is 0 Å². The summed E-state index contributed by atoms with van der Waals surface area (Å²) in [6.45, 7) is 0. The van der Waals surface area contributed by atoms with Crippen molar-refractivity contribution in [1.82, 2.24) is 15.0 Å². The third-order valence-corrected chi connectivity index (χ3v) is 9.12. The fourth-order valence-corrected chi connectivity index (χ4v) is 6.63. The smallest absolute Gasteiger partial charge is 0.164 e. The lowest BCUT2D eigenvalue weighted by Crippen LogP contribution is -2.00. The molecule has 2 aromatic heterocycles. The topological polar surface area (TPSA) is 38.7 Å². The molecule has 0 bridgehead atoms. The predicted molar refractivity (Wildman–Crippen MR) is 205 cm³/mol. The zero-order valence-corrected chi connectivity index (χ0v) is 26.5. The Labute approximate surface area is 304 Å². The van der Waals surface area contributed by atoms with Gasteiger partial charge in [-0.1, -0.05) is 151 Å². The van der Waals surface area contributed by atoms with Crippen LogP contribution in [0.1, 0.15) is 15.1 Å². The van der Waals surface area contributed by atoms with E-state index in [1.54, 1.807) is 12.1 Å². The van der Waals surface area contributed by atoms with Gasteiger partial charge >= 0.3 is 0 Å². The second-order valence-corrected chi connectivity index (χ2v) is 12.2. The number of hydrogen-bond donors (Lipinski definition) is 0. The van der Waals surface area contributed by atoms with Crippen molar-refractivity contribution in [3.8, 4) is 67.5 Å². The number of thiophene rings is 1. The summed E-state index contributed by atoms with van der Waals surface area (Å²) in [7, 11) is 0. The molecule has 7 aromatic carbocycles. The molecule has 0 spiro atoms. The molecule has 49 heavy (non-hydrogen) atoms. The molecule has 0 saturated heterocycles. The first-order valence-corrected chi connectivity index (χ1v) is 16.3. The Kier molecular flexibility index (Phi) is 4.96. The van der Waals surface area contributed by atoms with Crippen molar-refractivity contribution in [2.75, 3.05) is 0 Å². The van der Waals surface area contributed by atoms with Crippen molar-refractivity contribution < 1.29 is 15.1 Å². The molecule has 0 radical (unpaired) electrons. The van der Waals surface area contributed by atoms with Gasteiger partial charge in [0.05, 0.1) is 15.1 Å². The van der Waals surface area contributed by atoms with Gasteiger partial charge in [0, 0.05) is 36.9 Å². The van der Waals surface area contributed by atoms with Crippen LogP contribution in [0.15, 0.2) is 176 Å². The Morgan fingerprint density at radius 3 is 1.63 bits per heavy atom. The molecule has 0 N–H and O–H groups in total. The molecule has 2 heterocycles. The molecular weight excluding hydrogens is 615 g/mol. The quantitative estimate of drug-likeness (QED) is 0.179. The summed E-state index contributed by atoms with van der Waals surface area (Å²) in [5.41, 5.74) is 4.44. The van der Waals surface area contributed by atoms with Gasteiger partial charge in [0.15, 0.2) is 17.5 Å². The highest BCUT2D eigenvalue weighted by Crippen LogP contribution is 2.37. The summed E-state index contributed by atoms with van der Waals surface area (Å²) in [6.07, 6.45) is 0. The zero-order valence-electron chi connectivity index (χ0n) is 36.6. The molecule has 230 valence electrons. The molecule has 0 aliphatic heterocycles. The normalized spacial score (nSPS) is 14.4. The standard InChI is InChI=1S/C45H29N3S/c1-3-11-30(12-4-1)34-15-9-16-35(27-34)31-21-23-33(24-22-31)44-46-43(32-13-5-2-6-14-32)47-45(48-44)38-18-10-17-36(28-38)37-25-26-40-39-19-7-8-20-41(39)49-42(40)29-37/h1-29H/i7D,8D,10D,17D,18D,19D,20D,25D,26D,28D,29D. The molecule has 0 saturated carbocycles. The minimum absolute atomic E-state index is 0.00762. The maximum Gasteiger partial charge on any atom is 0.164 e. The summed E-state index contributed by atoms with van der Waals surface area (Å²) < 4.78 is 97.4. The Hall–Kier alpha value is -6.23. The van der Waals surface area contributed by atoms with Crippen molar-refractivity contribution in [2.24, 2.45) is 0 Å². The lowest BCUT2D eigenvalue weighted by atomic mass is 9.98. The maximum absolute atomic E-state index is 9.50. The fraction of sp³-hybridized carbons (Fsp3) is 0. The van der Waals surface area contributed by atoms with Crippen LogP contribution in [0.25, 0.3) is 87.7 Å². The molecule has 0 fully saturated rings. The van der Waals surface area contributed by atoms with Crippen LogP contribution in [0.4, 0.5) is 0 Å². The van der Waals surface area contributed by atoms with Crippen LogP contribution in [-0.4, -0.2) is 15.0 Å². The number of hydrogen-bond acceptors (Lipinski definition) is 4. The van der Waals surface area contributed by atoms with E-state index >= 15 is 0 Å². The van der Waals surface area contributed by atoms with Crippen molar-refractivity contribution in [1.29, 1.82) is 0 Å². The Morgan fingerprint density at radius 2 is 0.898 bits per heavy atom. The largest absolute Gasteiger partial charge is 0.208 e. The molecule has 4 heteroatoms. The highest BCUT2D eigenvalue weighted by molar-refractivity contribution is 7.25. The van der Waals surface area contributed by atoms with Gasteiger partial charge in [0.2, 0.25) is 0 Å². The van der Waals surface area contributed by atoms with Gasteiger partial charge in [-0.2, -0.15) is 0 Å². The summed E-state index contributed by atoms with van der Waals surface area (Å²) in [5.74, 6) is 0.297. The minimum Gasteiger partial charge on any atom is -0.208 e. The number of fused-ring (bicyclic) bond motifs is 3. The number of aromatic nitrogens is 3. The first-order valence-electron chi connectivity index (χ1n) is 21.0. The van der Waals surface area contributed by atoms with E-state index in [-0.39, 0.29) is 66.4 Å². The van der Waals surface area contributed by atoms with Crippen molar-refractivity contribution in [2.45, 2.75) is 0 Å². The molecule has 0 unspecified atom stereocenters. The van der Waals surface area contributed by atoms with Crippen molar-refractivity contribution in [3.63, 3.8) is 0 Å². The third kappa shape index (κ3) is 5.69. The summed E-state index contributed by atoms with van der Waals surface area (Å²) in [4.78, 5) is 14.2. The molecule has 3 nitrogen and oxygen atoms in total. The van der Waals surface area contributed by atoms with Crippen LogP contribution in [0.2, 0.25) is 0 Å². The van der Waals surface area contributed by atoms with Gasteiger partial charge in [-0.15, -0.1) is 11.3 Å². The predicted octanol–water partition coefficient (Wildman–Crippen LogP) is 12.2. The Morgan fingerprint density at radius 1 is 0.367 bits per heavy atom. The Balaban J connectivity index is 1.23. The maximum atomic E-state index is 9.50. The van der Waals surface area contributed by atoms with E-state index in [0.717, 1.165) is 33.6 Å². The van der Waals surface area contributed by atoms with Crippen LogP contribution in [0, 0.1) is 0 Å². The monoisotopic (exact) mass is 654 g/mol. The van der Waals surface area contributed by atoms with Gasteiger partial charge in [0.1, 0.15) is 0 Å². The molecule has 0 atom stereocenters. The van der Waals surface area contributed by atoms with E-state index in [9.17, 15) is 2.74 Å². The minimum atomic E-state index is -0.609. The van der Waals surface area contributed by atoms with Crippen LogP contribution in [0.3, 0.4) is 0 Å². The van der Waals surface area contributed by atoms with Gasteiger partial charge in [0.25, 0.3) is 0 Å². The second-order valence-electron chi connectivity index (χ2n) is 11.2. The summed E-state index contributed by atoms with van der Waals surface area (Å²) >= 11 is 0.860. The zero-order chi connectivity index (χ0) is 42.1. The van der Waals surface area contributed by atoms with Crippen LogP contribution < -0.4 is 0 Å². The molecule has 0 amide bonds. The van der Waals surface area contributed by atoms with Crippen molar-refractivity contribution in [3.05, 3.63) is 176 Å². The third-order valence-electron chi connectivity index (χ3n) is 8.10. The van der Waals surface area contributed by atoms with Crippen LogP contribution in [0.5, 0.6) is 0 Å². The van der Waals surface area contributed by atoms with Crippen molar-refractivity contribution >= 4 is 31.5 Å². The van der Waals surface area contributed by atoms with Gasteiger partial charge in [-0.05, 0) is 57.6 Å². The van der Waals surface area contributed by atoms with Crippen LogP contribution in [-0.2, 0) is 0 Å². The van der Waals surface area contributed by atoms with E-state index in [4.69, 9.17) is 27.3 Å². The summed E-state index contributed by atoms with van der Waals surface area (Å²) in [5, 5.41) is 0.00628. The van der Waals surface area contributed by atoms with E-state index < -0.39 is 54.4 Å². The van der Waals surface area contributed by atoms with E-state index in [1.165, 1.54) is 0 Å². The van der Waals surface area contributed by atoms with E-state index in [0.29, 0.717) is 11.1 Å². The van der Waals surface area contributed by atoms with Gasteiger partial charge in [-0.3, -0.25) is 0 Å². The van der Waals surface area contributed by atoms with Crippen LogP contribution >= 0.6 is 11.3 Å². The summed E-state index contributed by atoms with van der Waals surface area (Å²) in [6, 6.07) is 29.6. The number of benzene rings is 7. The highest BCUT2D eigenvalue weighted by Gasteiger charge is 2.14. The number of rotatable bonds is 6. The fourth-order valence-electron chi connectivity index (χ4n) is 5.66. The lowest BCUT2D eigenvalue weighted by molar-refractivity contribution is 1.07. The molecule has 9 aromatic rings. The first kappa shape index (κ1) is 19.6. The molecule has 0 aliphatic carbocycles. The first-order chi connectivity index (χ1) is 28.8. The molecule has 9 rings (SSSR count). The Bertz CT molecular complexity index is 3210. The lowest BCUT2D eigenvalue weighted by Gasteiger charge is -2.11.